The van der Waals surface area contributed by atoms with Crippen molar-refractivity contribution in [1.29, 1.82) is 0 Å². The summed E-state index contributed by atoms with van der Waals surface area (Å²) in [4.78, 5) is 19.8. The number of carbonyl (C=O) groups excluding carboxylic acids is 1. The van der Waals surface area contributed by atoms with Crippen molar-refractivity contribution in [3.8, 4) is 11.1 Å². The number of nitrogen functional groups attached to an aromatic ring is 1. The first-order chi connectivity index (χ1) is 11.8. The number of pyridine rings is 1. The average molecular weight is 399 g/mol. The SMILES string of the molecule is CN=CC=C(N)C(=O)Nc1ccc(-c2cc(Cl)cc(Cl)c2Cl)c(N)n1. The number of anilines is 2. The molecule has 0 radical (unpaired) electrons. The van der Waals surface area contributed by atoms with Crippen LogP contribution >= 0.6 is 34.8 Å². The number of hydrogen-bond donors (Lipinski definition) is 3. The van der Waals surface area contributed by atoms with Crippen molar-refractivity contribution >= 4 is 58.6 Å². The molecular weight excluding hydrogens is 385 g/mol. The summed E-state index contributed by atoms with van der Waals surface area (Å²) in [6.45, 7) is 0. The Kier molecular flexibility index (Phi) is 6.25. The number of nitrogens with one attached hydrogen (secondary N) is 1. The van der Waals surface area contributed by atoms with Crippen molar-refractivity contribution in [2.24, 2.45) is 10.7 Å². The molecule has 2 aromatic rings. The van der Waals surface area contributed by atoms with E-state index in [4.69, 9.17) is 46.3 Å². The summed E-state index contributed by atoms with van der Waals surface area (Å²) >= 11 is 18.2. The summed E-state index contributed by atoms with van der Waals surface area (Å²) in [5.74, 6) is -0.139. The zero-order chi connectivity index (χ0) is 18.6. The topological polar surface area (TPSA) is 106 Å². The molecule has 25 heavy (non-hydrogen) atoms. The van der Waals surface area contributed by atoms with Gasteiger partial charge in [-0.2, -0.15) is 0 Å². The maximum absolute atomic E-state index is 11.9. The van der Waals surface area contributed by atoms with E-state index in [0.29, 0.717) is 26.2 Å². The number of aliphatic imine (C=N–C) groups is 1. The van der Waals surface area contributed by atoms with Crippen molar-refractivity contribution in [2.75, 3.05) is 18.1 Å². The number of benzene rings is 1. The number of aromatic nitrogens is 1. The fraction of sp³-hybridized carbons (Fsp3) is 0.0625. The minimum absolute atomic E-state index is 0.0142. The van der Waals surface area contributed by atoms with Crippen LogP contribution in [0.5, 0.6) is 0 Å². The predicted octanol–water partition coefficient (Wildman–Crippen LogP) is 3.77. The van der Waals surface area contributed by atoms with Gasteiger partial charge in [-0.05, 0) is 30.3 Å². The Balaban J connectivity index is 2.32. The second-order valence-electron chi connectivity index (χ2n) is 4.86. The Morgan fingerprint density at radius 1 is 1.24 bits per heavy atom. The van der Waals surface area contributed by atoms with Crippen molar-refractivity contribution in [2.45, 2.75) is 0 Å². The molecule has 1 amide bonds. The summed E-state index contributed by atoms with van der Waals surface area (Å²) in [5, 5.41) is 3.56. The quantitative estimate of drug-likeness (QED) is 0.414. The highest BCUT2D eigenvalue weighted by molar-refractivity contribution is 6.45. The smallest absolute Gasteiger partial charge is 0.272 e. The van der Waals surface area contributed by atoms with Crippen LogP contribution in [0.25, 0.3) is 11.1 Å². The van der Waals surface area contributed by atoms with E-state index in [0.717, 1.165) is 0 Å². The number of allylic oxidation sites excluding steroid dienone is 1. The number of halogens is 3. The Labute approximate surface area is 159 Å². The van der Waals surface area contributed by atoms with E-state index >= 15 is 0 Å². The van der Waals surface area contributed by atoms with E-state index in [1.807, 2.05) is 0 Å². The molecule has 130 valence electrons. The van der Waals surface area contributed by atoms with E-state index in [1.54, 1.807) is 25.2 Å². The third-order valence-electron chi connectivity index (χ3n) is 3.11. The molecule has 9 heteroatoms. The molecule has 0 bridgehead atoms. The molecule has 0 fully saturated rings. The van der Waals surface area contributed by atoms with Gasteiger partial charge in [0, 0.05) is 29.4 Å². The van der Waals surface area contributed by atoms with Crippen LogP contribution in [0.3, 0.4) is 0 Å². The molecule has 6 nitrogen and oxygen atoms in total. The van der Waals surface area contributed by atoms with Crippen LogP contribution in [0.1, 0.15) is 0 Å². The first-order valence-corrected chi connectivity index (χ1v) is 8.07. The Morgan fingerprint density at radius 2 is 1.96 bits per heavy atom. The predicted molar refractivity (Wildman–Crippen MR) is 104 cm³/mol. The molecule has 0 saturated carbocycles. The molecule has 0 aliphatic carbocycles. The van der Waals surface area contributed by atoms with Crippen molar-refractivity contribution in [3.63, 3.8) is 0 Å². The summed E-state index contributed by atoms with van der Waals surface area (Å²) in [6, 6.07) is 6.38. The van der Waals surface area contributed by atoms with Gasteiger partial charge in [0.15, 0.2) is 0 Å². The number of nitrogens with two attached hydrogens (primary N) is 2. The number of rotatable bonds is 4. The average Bonchev–Trinajstić information content (AvgIpc) is 2.56. The van der Waals surface area contributed by atoms with E-state index in [9.17, 15) is 4.79 Å². The molecule has 0 unspecified atom stereocenters. The highest BCUT2D eigenvalue weighted by Crippen LogP contribution is 2.38. The monoisotopic (exact) mass is 397 g/mol. The van der Waals surface area contributed by atoms with Gasteiger partial charge in [0.05, 0.1) is 15.7 Å². The minimum atomic E-state index is -0.525. The zero-order valence-electron chi connectivity index (χ0n) is 13.1. The lowest BCUT2D eigenvalue weighted by atomic mass is 10.1. The molecule has 1 aromatic carbocycles. The van der Waals surface area contributed by atoms with E-state index in [2.05, 4.69) is 15.3 Å². The van der Waals surface area contributed by atoms with E-state index in [-0.39, 0.29) is 17.3 Å². The molecule has 0 atom stereocenters. The van der Waals surface area contributed by atoms with Crippen LogP contribution in [-0.4, -0.2) is 24.2 Å². The lowest BCUT2D eigenvalue weighted by Gasteiger charge is -2.11. The maximum atomic E-state index is 11.9. The van der Waals surface area contributed by atoms with Gasteiger partial charge >= 0.3 is 0 Å². The maximum Gasteiger partial charge on any atom is 0.272 e. The molecule has 2 rings (SSSR count). The highest BCUT2D eigenvalue weighted by Gasteiger charge is 2.14. The van der Waals surface area contributed by atoms with Gasteiger partial charge < -0.3 is 16.8 Å². The van der Waals surface area contributed by atoms with Gasteiger partial charge in [-0.15, -0.1) is 0 Å². The first-order valence-electron chi connectivity index (χ1n) is 6.94. The third kappa shape index (κ3) is 4.63. The van der Waals surface area contributed by atoms with Crippen LogP contribution < -0.4 is 16.8 Å². The lowest BCUT2D eigenvalue weighted by molar-refractivity contribution is -0.112. The van der Waals surface area contributed by atoms with Crippen molar-refractivity contribution in [1.82, 2.24) is 4.98 Å². The van der Waals surface area contributed by atoms with Gasteiger partial charge in [0.25, 0.3) is 5.91 Å². The summed E-state index contributed by atoms with van der Waals surface area (Å²) < 4.78 is 0. The second-order valence-corrected chi connectivity index (χ2v) is 6.08. The molecule has 0 spiro atoms. The van der Waals surface area contributed by atoms with Gasteiger partial charge in [-0.3, -0.25) is 9.79 Å². The molecule has 1 aromatic heterocycles. The molecule has 0 aliphatic heterocycles. The van der Waals surface area contributed by atoms with Gasteiger partial charge in [-0.25, -0.2) is 4.98 Å². The van der Waals surface area contributed by atoms with Crippen LogP contribution in [0.15, 0.2) is 41.0 Å². The van der Waals surface area contributed by atoms with Gasteiger partial charge in [0.1, 0.15) is 11.6 Å². The summed E-state index contributed by atoms with van der Waals surface area (Å²) in [7, 11) is 1.57. The Hall–Kier alpha value is -2.28. The molecular formula is C16H14Cl3N5O. The third-order valence-corrected chi connectivity index (χ3v) is 4.14. The number of amides is 1. The number of hydrogen-bond acceptors (Lipinski definition) is 5. The first kappa shape index (κ1) is 19.1. The molecule has 5 N–H and O–H groups in total. The molecule has 0 saturated heterocycles. The standard InChI is InChI=1S/C16H14Cl3N5O/c1-22-5-4-12(20)16(25)24-13-3-2-9(15(21)23-13)10-6-8(17)7-11(18)14(10)19/h2-7H,20H2,1H3,(H3,21,23,24,25). The van der Waals surface area contributed by atoms with Crippen molar-refractivity contribution < 1.29 is 4.79 Å². The Bertz CT molecular complexity index is 880. The zero-order valence-corrected chi connectivity index (χ0v) is 15.3. The Morgan fingerprint density at radius 3 is 2.60 bits per heavy atom. The van der Waals surface area contributed by atoms with Gasteiger partial charge in [-0.1, -0.05) is 34.8 Å². The van der Waals surface area contributed by atoms with Crippen molar-refractivity contribution in [3.05, 3.63) is 51.1 Å². The van der Waals surface area contributed by atoms with Crippen LogP contribution in [0.4, 0.5) is 11.6 Å². The fourth-order valence-electron chi connectivity index (χ4n) is 1.94. The summed E-state index contributed by atoms with van der Waals surface area (Å²) in [5.41, 5.74) is 12.7. The second kappa shape index (κ2) is 8.20. The highest BCUT2D eigenvalue weighted by atomic mass is 35.5. The molecule has 1 heterocycles. The number of carbonyl (C=O) groups is 1. The van der Waals surface area contributed by atoms with Crippen LogP contribution in [0.2, 0.25) is 15.1 Å². The van der Waals surface area contributed by atoms with E-state index < -0.39 is 5.91 Å². The number of nitrogens with zero attached hydrogens (tertiary/aromatic N) is 2. The van der Waals surface area contributed by atoms with E-state index in [1.165, 1.54) is 18.4 Å². The molecule has 0 aliphatic rings. The normalized spacial score (nSPS) is 11.8. The largest absolute Gasteiger partial charge is 0.394 e. The van der Waals surface area contributed by atoms with Gasteiger partial charge in [0.2, 0.25) is 0 Å². The van der Waals surface area contributed by atoms with Crippen LogP contribution in [-0.2, 0) is 4.79 Å². The minimum Gasteiger partial charge on any atom is -0.394 e. The van der Waals surface area contributed by atoms with Crippen LogP contribution in [0, 0.1) is 0 Å². The summed E-state index contributed by atoms with van der Waals surface area (Å²) in [6.07, 6.45) is 2.78. The fourth-order valence-corrected chi connectivity index (χ4v) is 2.65. The lowest BCUT2D eigenvalue weighted by Crippen LogP contribution is -2.21.